The van der Waals surface area contributed by atoms with Gasteiger partial charge in [0.15, 0.2) is 0 Å². The molecule has 0 heterocycles. The van der Waals surface area contributed by atoms with Crippen molar-refractivity contribution in [3.8, 4) is 0 Å². The lowest BCUT2D eigenvalue weighted by Crippen LogP contribution is -2.15. The lowest BCUT2D eigenvalue weighted by molar-refractivity contribution is -0.114. The van der Waals surface area contributed by atoms with Crippen LogP contribution < -0.4 is 5.32 Å². The van der Waals surface area contributed by atoms with E-state index < -0.39 is 0 Å². The van der Waals surface area contributed by atoms with Crippen molar-refractivity contribution in [3.63, 3.8) is 0 Å². The Labute approximate surface area is 110 Å². The van der Waals surface area contributed by atoms with Gasteiger partial charge < -0.3 is 5.32 Å². The van der Waals surface area contributed by atoms with Gasteiger partial charge in [-0.25, -0.2) is 0 Å². The van der Waals surface area contributed by atoms with Crippen LogP contribution >= 0.6 is 0 Å². The Morgan fingerprint density at radius 2 is 2.00 bits per heavy atom. The highest BCUT2D eigenvalue weighted by Gasteiger charge is 2.38. The highest BCUT2D eigenvalue weighted by molar-refractivity contribution is 5.90. The molecule has 0 spiro atoms. The fourth-order valence-corrected chi connectivity index (χ4v) is 3.58. The first kappa shape index (κ1) is 13.1. The molecule has 0 saturated carbocycles. The minimum atomic E-state index is 0.0114. The number of nitrogens with one attached hydrogen (secondary N) is 1. The van der Waals surface area contributed by atoms with Crippen LogP contribution in [-0.4, -0.2) is 5.91 Å². The van der Waals surface area contributed by atoms with Gasteiger partial charge in [0.1, 0.15) is 0 Å². The van der Waals surface area contributed by atoms with E-state index in [-0.39, 0.29) is 11.3 Å². The number of hydrogen-bond acceptors (Lipinski definition) is 1. The van der Waals surface area contributed by atoms with E-state index >= 15 is 0 Å². The van der Waals surface area contributed by atoms with Gasteiger partial charge in [0.2, 0.25) is 5.91 Å². The summed E-state index contributed by atoms with van der Waals surface area (Å²) in [6, 6.07) is 2.12. The van der Waals surface area contributed by atoms with E-state index in [0.717, 1.165) is 12.1 Å². The average Bonchev–Trinajstić information content (AvgIpc) is 2.44. The van der Waals surface area contributed by atoms with Crippen molar-refractivity contribution in [2.45, 2.75) is 59.3 Å². The maximum absolute atomic E-state index is 11.4. The number of carbonyl (C=O) groups is 1. The molecule has 1 atom stereocenters. The van der Waals surface area contributed by atoms with Gasteiger partial charge in [0.25, 0.3) is 0 Å². The summed E-state index contributed by atoms with van der Waals surface area (Å²) in [4.78, 5) is 11.4. The molecule has 2 rings (SSSR count). The maximum atomic E-state index is 11.4. The summed E-state index contributed by atoms with van der Waals surface area (Å²) in [5.41, 5.74) is 6.65. The van der Waals surface area contributed by atoms with Crippen LogP contribution in [0, 0.1) is 13.8 Å². The van der Waals surface area contributed by atoms with Crippen LogP contribution in [0.1, 0.15) is 62.3 Å². The molecule has 98 valence electrons. The molecule has 1 aromatic carbocycles. The van der Waals surface area contributed by atoms with E-state index in [1.807, 2.05) is 0 Å². The minimum absolute atomic E-state index is 0.0114. The maximum Gasteiger partial charge on any atom is 0.221 e. The molecule has 0 bridgehead atoms. The van der Waals surface area contributed by atoms with Crippen molar-refractivity contribution in [1.82, 2.24) is 0 Å². The van der Waals surface area contributed by atoms with Crippen molar-refractivity contribution in [3.05, 3.63) is 28.3 Å². The molecule has 2 heteroatoms. The standard InChI is InChI=1S/C16H23NO/c1-9-7-13(17-12(4)18)14-10(2)8-16(5,6)15(14)11(9)3/h7,10H,8H2,1-6H3,(H,17,18). The molecule has 1 aliphatic carbocycles. The van der Waals surface area contributed by atoms with Gasteiger partial charge in [-0.05, 0) is 59.9 Å². The summed E-state index contributed by atoms with van der Waals surface area (Å²) in [6.45, 7) is 12.8. The van der Waals surface area contributed by atoms with Crippen LogP contribution in [0.4, 0.5) is 5.69 Å². The van der Waals surface area contributed by atoms with Crippen molar-refractivity contribution in [2.75, 3.05) is 5.32 Å². The number of fused-ring (bicyclic) bond motifs is 1. The fourth-order valence-electron chi connectivity index (χ4n) is 3.58. The predicted molar refractivity (Wildman–Crippen MR) is 76.3 cm³/mol. The first-order chi connectivity index (χ1) is 8.24. The molecular weight excluding hydrogens is 222 g/mol. The van der Waals surface area contributed by atoms with Crippen LogP contribution in [0.3, 0.4) is 0 Å². The number of aryl methyl sites for hydroxylation is 1. The number of carbonyl (C=O) groups excluding carboxylic acids is 1. The SMILES string of the molecule is CC(=O)Nc1cc(C)c(C)c2c1C(C)CC2(C)C. The Kier molecular flexibility index (Phi) is 3.00. The van der Waals surface area contributed by atoms with E-state index in [1.165, 1.54) is 22.3 Å². The van der Waals surface area contributed by atoms with E-state index in [2.05, 4.69) is 46.0 Å². The predicted octanol–water partition coefficient (Wildman–Crippen LogP) is 4.05. The second-order valence-corrected chi connectivity index (χ2v) is 6.32. The lowest BCUT2D eigenvalue weighted by atomic mass is 9.82. The largest absolute Gasteiger partial charge is 0.326 e. The molecule has 0 radical (unpaired) electrons. The lowest BCUT2D eigenvalue weighted by Gasteiger charge is -2.23. The number of amides is 1. The third-order valence-corrected chi connectivity index (χ3v) is 4.18. The minimum Gasteiger partial charge on any atom is -0.326 e. The molecule has 0 aliphatic heterocycles. The molecule has 2 nitrogen and oxygen atoms in total. The van der Waals surface area contributed by atoms with Crippen LogP contribution in [0.15, 0.2) is 6.07 Å². The topological polar surface area (TPSA) is 29.1 Å². The molecule has 0 fully saturated rings. The quantitative estimate of drug-likeness (QED) is 0.794. The molecule has 18 heavy (non-hydrogen) atoms. The smallest absolute Gasteiger partial charge is 0.221 e. The average molecular weight is 245 g/mol. The molecule has 1 aliphatic rings. The number of anilines is 1. The zero-order valence-electron chi connectivity index (χ0n) is 12.3. The van der Waals surface area contributed by atoms with E-state index in [1.54, 1.807) is 6.92 Å². The van der Waals surface area contributed by atoms with Crippen molar-refractivity contribution >= 4 is 11.6 Å². The van der Waals surface area contributed by atoms with Gasteiger partial charge in [-0.15, -0.1) is 0 Å². The second-order valence-electron chi connectivity index (χ2n) is 6.32. The summed E-state index contributed by atoms with van der Waals surface area (Å²) in [5.74, 6) is 0.522. The highest BCUT2D eigenvalue weighted by Crippen LogP contribution is 2.50. The van der Waals surface area contributed by atoms with E-state index in [9.17, 15) is 4.79 Å². The number of benzene rings is 1. The van der Waals surface area contributed by atoms with Crippen LogP contribution in [-0.2, 0) is 10.2 Å². The third-order valence-electron chi connectivity index (χ3n) is 4.18. The molecule has 1 aromatic rings. The summed E-state index contributed by atoms with van der Waals surface area (Å²) < 4.78 is 0. The van der Waals surface area contributed by atoms with Crippen LogP contribution in [0.2, 0.25) is 0 Å². The zero-order valence-corrected chi connectivity index (χ0v) is 12.3. The fraction of sp³-hybridized carbons (Fsp3) is 0.562. The van der Waals surface area contributed by atoms with Crippen molar-refractivity contribution in [1.29, 1.82) is 0 Å². The molecule has 1 unspecified atom stereocenters. The summed E-state index contributed by atoms with van der Waals surface area (Å²) in [6.07, 6.45) is 1.15. The summed E-state index contributed by atoms with van der Waals surface area (Å²) in [7, 11) is 0. The first-order valence-corrected chi connectivity index (χ1v) is 6.66. The summed E-state index contributed by atoms with van der Waals surface area (Å²) >= 11 is 0. The molecule has 0 aromatic heterocycles. The molecule has 1 amide bonds. The van der Waals surface area contributed by atoms with Crippen LogP contribution in [0.25, 0.3) is 0 Å². The number of hydrogen-bond donors (Lipinski definition) is 1. The van der Waals surface area contributed by atoms with Gasteiger partial charge in [0.05, 0.1) is 0 Å². The normalized spacial score (nSPS) is 20.7. The molecule has 0 saturated heterocycles. The Morgan fingerprint density at radius 3 is 2.56 bits per heavy atom. The van der Waals surface area contributed by atoms with Gasteiger partial charge in [-0.3, -0.25) is 4.79 Å². The molecular formula is C16H23NO. The van der Waals surface area contributed by atoms with Crippen molar-refractivity contribution < 1.29 is 4.79 Å². The zero-order chi connectivity index (χ0) is 13.7. The van der Waals surface area contributed by atoms with E-state index in [4.69, 9.17) is 0 Å². The van der Waals surface area contributed by atoms with Crippen molar-refractivity contribution in [2.24, 2.45) is 0 Å². The third kappa shape index (κ3) is 1.94. The Morgan fingerprint density at radius 1 is 1.39 bits per heavy atom. The van der Waals surface area contributed by atoms with Gasteiger partial charge >= 0.3 is 0 Å². The summed E-state index contributed by atoms with van der Waals surface area (Å²) in [5, 5.41) is 3.00. The first-order valence-electron chi connectivity index (χ1n) is 6.66. The molecule has 1 N–H and O–H groups in total. The van der Waals surface area contributed by atoms with Gasteiger partial charge in [-0.1, -0.05) is 20.8 Å². The Hall–Kier alpha value is -1.31. The Bertz CT molecular complexity index is 514. The highest BCUT2D eigenvalue weighted by atomic mass is 16.1. The number of rotatable bonds is 1. The van der Waals surface area contributed by atoms with Crippen LogP contribution in [0.5, 0.6) is 0 Å². The second kappa shape index (κ2) is 4.11. The van der Waals surface area contributed by atoms with Gasteiger partial charge in [-0.2, -0.15) is 0 Å². The monoisotopic (exact) mass is 245 g/mol. The Balaban J connectivity index is 2.70. The van der Waals surface area contributed by atoms with Gasteiger partial charge in [0, 0.05) is 12.6 Å². The van der Waals surface area contributed by atoms with E-state index in [0.29, 0.717) is 5.92 Å².